The highest BCUT2D eigenvalue weighted by atomic mass is 15.5. The van der Waals surface area contributed by atoms with E-state index in [2.05, 4.69) is 25.0 Å². The first-order valence-electron chi connectivity index (χ1n) is 6.72. The number of hydrogen-bond acceptors (Lipinski definition) is 3. The lowest BCUT2D eigenvalue weighted by atomic mass is 10.1. The first-order chi connectivity index (χ1) is 8.58. The van der Waals surface area contributed by atoms with E-state index in [4.69, 9.17) is 10.8 Å². The molecule has 2 rings (SSSR count). The first kappa shape index (κ1) is 12.9. The van der Waals surface area contributed by atoms with Gasteiger partial charge in [-0.25, -0.2) is 0 Å². The molecule has 0 atom stereocenters. The van der Waals surface area contributed by atoms with Crippen LogP contribution < -0.4 is 5.73 Å². The number of nitrogen functional groups attached to an aromatic ring is 1. The van der Waals surface area contributed by atoms with Crippen LogP contribution in [0.1, 0.15) is 43.7 Å². The quantitative estimate of drug-likeness (QED) is 0.505. The molecule has 0 aliphatic heterocycles. The number of rotatable bonds is 3. The maximum absolute atomic E-state index is 6.02. The van der Waals surface area contributed by atoms with Crippen molar-refractivity contribution in [3.05, 3.63) is 29.3 Å². The van der Waals surface area contributed by atoms with Crippen LogP contribution in [0.3, 0.4) is 0 Å². The third-order valence-electron chi connectivity index (χ3n) is 3.76. The fraction of sp³-hybridized carbons (Fsp3) is 0.533. The molecule has 1 aliphatic rings. The second-order valence-corrected chi connectivity index (χ2v) is 5.29. The lowest BCUT2D eigenvalue weighted by Gasteiger charge is -2.22. The summed E-state index contributed by atoms with van der Waals surface area (Å²) in [7, 11) is 2.07. The number of hydrazone groups is 1. The van der Waals surface area contributed by atoms with Crippen molar-refractivity contribution in [3.8, 4) is 0 Å². The molecule has 1 aromatic rings. The van der Waals surface area contributed by atoms with Crippen molar-refractivity contribution in [1.29, 1.82) is 0 Å². The summed E-state index contributed by atoms with van der Waals surface area (Å²) >= 11 is 0. The van der Waals surface area contributed by atoms with E-state index in [1.54, 1.807) is 0 Å². The highest BCUT2D eigenvalue weighted by molar-refractivity contribution is 6.03. The zero-order chi connectivity index (χ0) is 13.1. The number of nitrogens with zero attached hydrogens (tertiary/aromatic N) is 2. The van der Waals surface area contributed by atoms with E-state index in [9.17, 15) is 0 Å². The Morgan fingerprint density at radius 2 is 2.00 bits per heavy atom. The van der Waals surface area contributed by atoms with Crippen molar-refractivity contribution < 1.29 is 0 Å². The van der Waals surface area contributed by atoms with Gasteiger partial charge in [0.1, 0.15) is 0 Å². The van der Waals surface area contributed by atoms with Gasteiger partial charge in [-0.3, -0.25) is 5.01 Å². The van der Waals surface area contributed by atoms with Gasteiger partial charge in [0, 0.05) is 24.3 Å². The van der Waals surface area contributed by atoms with Gasteiger partial charge in [-0.05, 0) is 38.8 Å². The number of aryl methyl sites for hydroxylation is 1. The van der Waals surface area contributed by atoms with Gasteiger partial charge in [-0.15, -0.1) is 0 Å². The average Bonchev–Trinajstić information content (AvgIpc) is 2.85. The van der Waals surface area contributed by atoms with Crippen LogP contribution in [0.4, 0.5) is 5.69 Å². The predicted molar refractivity (Wildman–Crippen MR) is 77.8 cm³/mol. The molecule has 0 radical (unpaired) electrons. The molecule has 0 aromatic heterocycles. The monoisotopic (exact) mass is 245 g/mol. The van der Waals surface area contributed by atoms with E-state index in [0.29, 0.717) is 6.04 Å². The fourth-order valence-corrected chi connectivity index (χ4v) is 2.63. The van der Waals surface area contributed by atoms with Gasteiger partial charge in [0.25, 0.3) is 0 Å². The van der Waals surface area contributed by atoms with Gasteiger partial charge < -0.3 is 5.73 Å². The molecule has 0 heterocycles. The Balaban J connectivity index is 2.18. The number of nitrogens with two attached hydrogens (primary N) is 1. The third kappa shape index (κ3) is 2.84. The zero-order valence-corrected chi connectivity index (χ0v) is 11.6. The molecule has 3 nitrogen and oxygen atoms in total. The number of hydrogen-bond donors (Lipinski definition) is 1. The lowest BCUT2D eigenvalue weighted by Crippen LogP contribution is -2.25. The van der Waals surface area contributed by atoms with Crippen molar-refractivity contribution >= 4 is 11.4 Å². The first-order valence-corrected chi connectivity index (χ1v) is 6.72. The second kappa shape index (κ2) is 5.42. The van der Waals surface area contributed by atoms with Gasteiger partial charge in [0.05, 0.1) is 5.71 Å². The topological polar surface area (TPSA) is 41.6 Å². The van der Waals surface area contributed by atoms with Crippen LogP contribution >= 0.6 is 0 Å². The normalized spacial score (nSPS) is 17.2. The van der Waals surface area contributed by atoms with Crippen LogP contribution in [0, 0.1) is 6.92 Å². The molecule has 0 unspecified atom stereocenters. The molecule has 0 saturated heterocycles. The van der Waals surface area contributed by atoms with Gasteiger partial charge in [-0.2, -0.15) is 5.10 Å². The SMILES string of the molecule is C/C(=N\N(C)C1CCCC1)c1cc(C)ccc1N. The van der Waals surface area contributed by atoms with Crippen LogP contribution in [0.2, 0.25) is 0 Å². The Bertz CT molecular complexity index is 445. The predicted octanol–water partition coefficient (Wildman–Crippen LogP) is 3.18. The van der Waals surface area contributed by atoms with E-state index in [-0.39, 0.29) is 0 Å². The molecule has 1 aliphatic carbocycles. The molecule has 0 amide bonds. The molecule has 1 saturated carbocycles. The minimum Gasteiger partial charge on any atom is -0.398 e. The van der Waals surface area contributed by atoms with Crippen molar-refractivity contribution in [2.75, 3.05) is 12.8 Å². The van der Waals surface area contributed by atoms with Gasteiger partial charge >= 0.3 is 0 Å². The lowest BCUT2D eigenvalue weighted by molar-refractivity contribution is 0.257. The minimum absolute atomic E-state index is 0.603. The molecular formula is C15H23N3. The molecular weight excluding hydrogens is 222 g/mol. The smallest absolute Gasteiger partial charge is 0.0667 e. The molecule has 3 heteroatoms. The van der Waals surface area contributed by atoms with E-state index >= 15 is 0 Å². The van der Waals surface area contributed by atoms with E-state index in [1.807, 2.05) is 19.1 Å². The fourth-order valence-electron chi connectivity index (χ4n) is 2.63. The van der Waals surface area contributed by atoms with Crippen molar-refractivity contribution in [1.82, 2.24) is 5.01 Å². The number of benzene rings is 1. The largest absolute Gasteiger partial charge is 0.398 e. The Hall–Kier alpha value is -1.51. The van der Waals surface area contributed by atoms with Gasteiger partial charge in [0.2, 0.25) is 0 Å². The summed E-state index contributed by atoms with van der Waals surface area (Å²) in [6.45, 7) is 4.12. The summed E-state index contributed by atoms with van der Waals surface area (Å²) in [6.07, 6.45) is 5.18. The van der Waals surface area contributed by atoms with E-state index in [1.165, 1.54) is 31.2 Å². The van der Waals surface area contributed by atoms with Crippen molar-refractivity contribution in [2.24, 2.45) is 5.10 Å². The van der Waals surface area contributed by atoms with E-state index in [0.717, 1.165) is 17.0 Å². The van der Waals surface area contributed by atoms with Gasteiger partial charge in [0.15, 0.2) is 0 Å². The number of anilines is 1. The molecule has 98 valence electrons. The van der Waals surface area contributed by atoms with Crippen LogP contribution in [0.25, 0.3) is 0 Å². The Morgan fingerprint density at radius 1 is 1.33 bits per heavy atom. The molecule has 0 spiro atoms. The summed E-state index contributed by atoms with van der Waals surface area (Å²) in [5, 5.41) is 6.82. The Kier molecular flexibility index (Phi) is 3.90. The third-order valence-corrected chi connectivity index (χ3v) is 3.76. The van der Waals surface area contributed by atoms with Crippen LogP contribution in [0.5, 0.6) is 0 Å². The molecule has 18 heavy (non-hydrogen) atoms. The van der Waals surface area contributed by atoms with Crippen LogP contribution in [-0.4, -0.2) is 23.8 Å². The zero-order valence-electron chi connectivity index (χ0n) is 11.6. The molecule has 2 N–H and O–H groups in total. The minimum atomic E-state index is 0.603. The second-order valence-electron chi connectivity index (χ2n) is 5.29. The maximum atomic E-state index is 6.02. The molecule has 1 fully saturated rings. The van der Waals surface area contributed by atoms with Crippen LogP contribution in [0.15, 0.2) is 23.3 Å². The van der Waals surface area contributed by atoms with Crippen molar-refractivity contribution in [2.45, 2.75) is 45.6 Å². The standard InChI is InChI=1S/C15H23N3/c1-11-8-9-15(16)14(10-11)12(2)17-18(3)13-6-4-5-7-13/h8-10,13H,4-7,16H2,1-3H3/b17-12+. The molecule has 0 bridgehead atoms. The summed E-state index contributed by atoms with van der Waals surface area (Å²) in [5.41, 5.74) is 10.1. The van der Waals surface area contributed by atoms with E-state index < -0.39 is 0 Å². The highest BCUT2D eigenvalue weighted by Crippen LogP contribution is 2.23. The maximum Gasteiger partial charge on any atom is 0.0667 e. The molecule has 1 aromatic carbocycles. The average molecular weight is 245 g/mol. The summed E-state index contributed by atoms with van der Waals surface area (Å²) < 4.78 is 0. The Morgan fingerprint density at radius 3 is 2.67 bits per heavy atom. The summed E-state index contributed by atoms with van der Waals surface area (Å²) in [5.74, 6) is 0. The highest BCUT2D eigenvalue weighted by Gasteiger charge is 2.18. The summed E-state index contributed by atoms with van der Waals surface area (Å²) in [6, 6.07) is 6.70. The van der Waals surface area contributed by atoms with Crippen LogP contribution in [-0.2, 0) is 0 Å². The Labute approximate surface area is 110 Å². The summed E-state index contributed by atoms with van der Waals surface area (Å²) in [4.78, 5) is 0. The van der Waals surface area contributed by atoms with Crippen molar-refractivity contribution in [3.63, 3.8) is 0 Å². The van der Waals surface area contributed by atoms with Gasteiger partial charge in [-0.1, -0.05) is 24.5 Å².